The fourth-order valence-corrected chi connectivity index (χ4v) is 3.23. The molecule has 2 N–H and O–H groups in total. The van der Waals surface area contributed by atoms with Gasteiger partial charge in [0.1, 0.15) is 0 Å². The van der Waals surface area contributed by atoms with E-state index in [0.717, 1.165) is 5.46 Å². The molecule has 8 heteroatoms. The lowest BCUT2D eigenvalue weighted by molar-refractivity contribution is 0.00578. The lowest BCUT2D eigenvalue weighted by Gasteiger charge is -2.32. The Labute approximate surface area is 138 Å². The molecule has 0 atom stereocenters. The fraction of sp³-hybridized carbons (Fsp3) is 0.600. The summed E-state index contributed by atoms with van der Waals surface area (Å²) in [5.74, 6) is 0. The molecule has 0 aromatic heterocycles. The zero-order chi connectivity index (χ0) is 17.3. The maximum atomic E-state index is 12.1. The van der Waals surface area contributed by atoms with Crippen molar-refractivity contribution in [2.24, 2.45) is 0 Å². The van der Waals surface area contributed by atoms with Crippen LogP contribution in [0.1, 0.15) is 34.1 Å². The average Bonchev–Trinajstić information content (AvgIpc) is 2.68. The van der Waals surface area contributed by atoms with Gasteiger partial charge in [-0.05, 0) is 51.7 Å². The van der Waals surface area contributed by atoms with E-state index in [2.05, 4.69) is 4.72 Å². The first-order valence-electron chi connectivity index (χ1n) is 7.65. The van der Waals surface area contributed by atoms with Crippen molar-refractivity contribution < 1.29 is 22.8 Å². The molecule has 1 aliphatic rings. The van der Waals surface area contributed by atoms with Gasteiger partial charge >= 0.3 is 7.12 Å². The van der Waals surface area contributed by atoms with Crippen LogP contribution in [0, 0.1) is 0 Å². The number of sulfonamides is 1. The number of aliphatic hydroxyl groups is 1. The molecule has 1 aromatic rings. The van der Waals surface area contributed by atoms with Crippen molar-refractivity contribution in [3.8, 4) is 0 Å². The third-order valence-corrected chi connectivity index (χ3v) is 5.82. The minimum absolute atomic E-state index is 0.0522. The Hall–Kier alpha value is -0.925. The molecular formula is C15H24BNO5S. The molecule has 0 amide bonds. The molecule has 23 heavy (non-hydrogen) atoms. The summed E-state index contributed by atoms with van der Waals surface area (Å²) in [6.07, 6.45) is 0.380. The Bertz CT molecular complexity index is 626. The Balaban J connectivity index is 2.12. The highest BCUT2D eigenvalue weighted by atomic mass is 32.2. The molecule has 0 bridgehead atoms. The Morgan fingerprint density at radius 3 is 2.09 bits per heavy atom. The second kappa shape index (κ2) is 6.53. The summed E-state index contributed by atoms with van der Waals surface area (Å²) in [5.41, 5.74) is -0.0966. The summed E-state index contributed by atoms with van der Waals surface area (Å²) in [5, 5.41) is 8.71. The number of nitrogens with one attached hydrogen (secondary N) is 1. The number of aliphatic hydroxyl groups excluding tert-OH is 1. The van der Waals surface area contributed by atoms with Gasteiger partial charge in [0.15, 0.2) is 0 Å². The van der Waals surface area contributed by atoms with Gasteiger partial charge in [-0.15, -0.1) is 0 Å². The summed E-state index contributed by atoms with van der Waals surface area (Å²) in [6, 6.07) is 6.45. The molecular weight excluding hydrogens is 317 g/mol. The topological polar surface area (TPSA) is 84.9 Å². The summed E-state index contributed by atoms with van der Waals surface area (Å²) >= 11 is 0. The highest BCUT2D eigenvalue weighted by Crippen LogP contribution is 2.36. The van der Waals surface area contributed by atoms with E-state index >= 15 is 0 Å². The number of rotatable bonds is 6. The van der Waals surface area contributed by atoms with Crippen LogP contribution < -0.4 is 10.2 Å². The molecule has 1 saturated heterocycles. The largest absolute Gasteiger partial charge is 0.494 e. The van der Waals surface area contributed by atoms with E-state index in [1.54, 1.807) is 12.1 Å². The minimum atomic E-state index is -3.56. The molecule has 0 aliphatic carbocycles. The first kappa shape index (κ1) is 18.4. The van der Waals surface area contributed by atoms with Crippen LogP contribution in [0.25, 0.3) is 0 Å². The molecule has 0 spiro atoms. The van der Waals surface area contributed by atoms with Gasteiger partial charge in [-0.25, -0.2) is 13.1 Å². The van der Waals surface area contributed by atoms with E-state index in [1.165, 1.54) is 12.1 Å². The van der Waals surface area contributed by atoms with Crippen molar-refractivity contribution in [1.82, 2.24) is 4.72 Å². The first-order chi connectivity index (χ1) is 10.6. The quantitative estimate of drug-likeness (QED) is 0.586. The zero-order valence-electron chi connectivity index (χ0n) is 14.0. The molecule has 1 fully saturated rings. The van der Waals surface area contributed by atoms with E-state index in [1.807, 2.05) is 27.7 Å². The molecule has 2 rings (SSSR count). The lowest BCUT2D eigenvalue weighted by atomic mass is 9.79. The predicted octanol–water partition coefficient (Wildman–Crippen LogP) is 0.647. The normalized spacial score (nSPS) is 20.0. The van der Waals surface area contributed by atoms with Crippen LogP contribution in [0.5, 0.6) is 0 Å². The van der Waals surface area contributed by atoms with E-state index in [-0.39, 0.29) is 18.0 Å². The number of hydrogen-bond acceptors (Lipinski definition) is 5. The summed E-state index contributed by atoms with van der Waals surface area (Å²) in [6.45, 7) is 8.03. The van der Waals surface area contributed by atoms with Gasteiger partial charge in [-0.1, -0.05) is 12.1 Å². The van der Waals surface area contributed by atoms with Gasteiger partial charge in [-0.2, -0.15) is 0 Å². The maximum Gasteiger partial charge on any atom is 0.494 e. The van der Waals surface area contributed by atoms with Crippen molar-refractivity contribution in [2.75, 3.05) is 13.2 Å². The maximum absolute atomic E-state index is 12.1. The van der Waals surface area contributed by atoms with E-state index in [4.69, 9.17) is 14.4 Å². The monoisotopic (exact) mass is 341 g/mol. The second-order valence-electron chi connectivity index (χ2n) is 6.63. The van der Waals surface area contributed by atoms with Crippen LogP contribution in [-0.4, -0.2) is 45.0 Å². The molecule has 1 aromatic carbocycles. The Morgan fingerprint density at radius 1 is 1.09 bits per heavy atom. The van der Waals surface area contributed by atoms with Crippen molar-refractivity contribution in [3.05, 3.63) is 24.3 Å². The van der Waals surface area contributed by atoms with Crippen molar-refractivity contribution in [3.63, 3.8) is 0 Å². The van der Waals surface area contributed by atoms with Crippen molar-refractivity contribution in [2.45, 2.75) is 50.2 Å². The molecule has 0 saturated carbocycles. The van der Waals surface area contributed by atoms with Crippen LogP contribution in [0.3, 0.4) is 0 Å². The smallest absolute Gasteiger partial charge is 0.399 e. The fourth-order valence-electron chi connectivity index (χ4n) is 2.15. The van der Waals surface area contributed by atoms with Crippen LogP contribution >= 0.6 is 0 Å². The van der Waals surface area contributed by atoms with Crippen LogP contribution in [0.15, 0.2) is 29.2 Å². The van der Waals surface area contributed by atoms with E-state index in [0.29, 0.717) is 6.42 Å². The molecule has 0 unspecified atom stereocenters. The predicted molar refractivity (Wildman–Crippen MR) is 89.0 cm³/mol. The Kier molecular flexibility index (Phi) is 5.23. The van der Waals surface area contributed by atoms with Crippen LogP contribution in [-0.2, 0) is 19.3 Å². The van der Waals surface area contributed by atoms with Gasteiger partial charge in [-0.3, -0.25) is 0 Å². The third kappa shape index (κ3) is 3.95. The number of benzene rings is 1. The minimum Gasteiger partial charge on any atom is -0.399 e. The van der Waals surface area contributed by atoms with Gasteiger partial charge in [0.2, 0.25) is 10.0 Å². The summed E-state index contributed by atoms with van der Waals surface area (Å²) in [4.78, 5) is 0.177. The summed E-state index contributed by atoms with van der Waals surface area (Å²) < 4.78 is 38.5. The Morgan fingerprint density at radius 2 is 1.61 bits per heavy atom. The van der Waals surface area contributed by atoms with Crippen LogP contribution in [0.4, 0.5) is 0 Å². The molecule has 128 valence electrons. The average molecular weight is 341 g/mol. The first-order valence-corrected chi connectivity index (χ1v) is 9.13. The van der Waals surface area contributed by atoms with Crippen LogP contribution in [0.2, 0.25) is 0 Å². The second-order valence-corrected chi connectivity index (χ2v) is 8.40. The highest BCUT2D eigenvalue weighted by molar-refractivity contribution is 7.89. The lowest BCUT2D eigenvalue weighted by Crippen LogP contribution is -2.41. The van der Waals surface area contributed by atoms with Gasteiger partial charge < -0.3 is 14.4 Å². The van der Waals surface area contributed by atoms with Gasteiger partial charge in [0.05, 0.1) is 16.1 Å². The molecule has 6 nitrogen and oxygen atoms in total. The molecule has 1 heterocycles. The molecule has 1 aliphatic heterocycles. The standard InChI is InChI=1S/C15H24BNO5S/c1-14(2)15(3,4)22-16(21-14)12-6-8-13(9-7-12)23(19,20)17-10-5-11-18/h6-9,17-18H,5,10-11H2,1-4H3. The summed E-state index contributed by atoms with van der Waals surface area (Å²) in [7, 11) is -4.08. The molecule has 0 radical (unpaired) electrons. The van der Waals surface area contributed by atoms with Crippen molar-refractivity contribution in [1.29, 1.82) is 0 Å². The SMILES string of the molecule is CC1(C)OB(c2ccc(S(=O)(=O)NCCCO)cc2)OC1(C)C. The van der Waals surface area contributed by atoms with Crippen molar-refractivity contribution >= 4 is 22.6 Å². The van der Waals surface area contributed by atoms with E-state index in [9.17, 15) is 8.42 Å². The number of hydrogen-bond donors (Lipinski definition) is 2. The van der Waals surface area contributed by atoms with Gasteiger partial charge in [0, 0.05) is 13.2 Å². The zero-order valence-corrected chi connectivity index (χ0v) is 14.8. The van der Waals surface area contributed by atoms with E-state index < -0.39 is 28.3 Å². The third-order valence-electron chi connectivity index (χ3n) is 4.34. The highest BCUT2D eigenvalue weighted by Gasteiger charge is 2.51. The van der Waals surface area contributed by atoms with Gasteiger partial charge in [0.25, 0.3) is 0 Å².